The predicted molar refractivity (Wildman–Crippen MR) is 75.2 cm³/mol. The average molecular weight is 279 g/mol. The van der Waals surface area contributed by atoms with Gasteiger partial charge in [-0.1, -0.05) is 13.0 Å². The molecule has 1 unspecified atom stereocenters. The summed E-state index contributed by atoms with van der Waals surface area (Å²) in [7, 11) is 0. The van der Waals surface area contributed by atoms with Crippen LogP contribution in [0, 0.1) is 0 Å². The largest absolute Gasteiger partial charge is 0.480 e. The Morgan fingerprint density at radius 2 is 2.15 bits per heavy atom. The average Bonchev–Trinajstić information content (AvgIpc) is 2.89. The van der Waals surface area contributed by atoms with Gasteiger partial charge in [-0.25, -0.2) is 0 Å². The summed E-state index contributed by atoms with van der Waals surface area (Å²) in [6.07, 6.45) is 1.81. The molecule has 0 aromatic heterocycles. The van der Waals surface area contributed by atoms with Crippen LogP contribution in [0.5, 0.6) is 11.5 Å². The molecule has 0 bridgehead atoms. The molecule has 0 saturated carbocycles. The Balaban J connectivity index is 1.89. The third kappa shape index (κ3) is 3.63. The van der Waals surface area contributed by atoms with Gasteiger partial charge in [0.25, 0.3) is 0 Å². The molecule has 5 heteroatoms. The zero-order chi connectivity index (χ0) is 14.5. The van der Waals surface area contributed by atoms with E-state index in [-0.39, 0.29) is 19.4 Å². The fourth-order valence-corrected chi connectivity index (χ4v) is 2.41. The Morgan fingerprint density at radius 1 is 1.40 bits per heavy atom. The lowest BCUT2D eigenvalue weighted by atomic mass is 10.0. The van der Waals surface area contributed by atoms with Crippen molar-refractivity contribution in [2.45, 2.75) is 32.7 Å². The molecule has 0 aliphatic carbocycles. The van der Waals surface area contributed by atoms with E-state index in [1.54, 1.807) is 0 Å². The van der Waals surface area contributed by atoms with Crippen LogP contribution in [-0.2, 0) is 11.2 Å². The van der Waals surface area contributed by atoms with Gasteiger partial charge >= 0.3 is 5.97 Å². The van der Waals surface area contributed by atoms with Crippen molar-refractivity contribution in [1.82, 2.24) is 4.90 Å². The van der Waals surface area contributed by atoms with Gasteiger partial charge in [-0.15, -0.1) is 0 Å². The maximum absolute atomic E-state index is 10.8. The number of nitrogens with zero attached hydrogens (tertiary/aromatic N) is 1. The molecule has 0 saturated heterocycles. The molecule has 5 nitrogen and oxygen atoms in total. The van der Waals surface area contributed by atoms with Gasteiger partial charge < -0.3 is 14.6 Å². The highest BCUT2D eigenvalue weighted by molar-refractivity contribution is 5.69. The summed E-state index contributed by atoms with van der Waals surface area (Å²) in [5, 5.41) is 8.88. The van der Waals surface area contributed by atoms with Gasteiger partial charge in [0.2, 0.25) is 6.79 Å². The number of fused-ring (bicyclic) bond motifs is 1. The highest BCUT2D eigenvalue weighted by Gasteiger charge is 2.16. The lowest BCUT2D eigenvalue weighted by molar-refractivity contribution is -0.138. The van der Waals surface area contributed by atoms with Crippen LogP contribution >= 0.6 is 0 Å². The minimum atomic E-state index is -0.776. The normalized spacial score (nSPS) is 14.6. The summed E-state index contributed by atoms with van der Waals surface area (Å²) in [4.78, 5) is 12.8. The zero-order valence-corrected chi connectivity index (χ0v) is 12.0. The first-order valence-electron chi connectivity index (χ1n) is 6.94. The lowest BCUT2D eigenvalue weighted by Crippen LogP contribution is -2.37. The third-order valence-electron chi connectivity index (χ3n) is 3.66. The number of hydrogen-bond donors (Lipinski definition) is 1. The van der Waals surface area contributed by atoms with Gasteiger partial charge in [0.1, 0.15) is 0 Å². The maximum atomic E-state index is 10.8. The summed E-state index contributed by atoms with van der Waals surface area (Å²) in [5.74, 6) is 0.817. The van der Waals surface area contributed by atoms with Gasteiger partial charge in [-0.2, -0.15) is 0 Å². The van der Waals surface area contributed by atoms with Crippen LogP contribution in [0.2, 0.25) is 0 Å². The van der Waals surface area contributed by atoms with E-state index < -0.39 is 5.97 Å². The molecule has 20 heavy (non-hydrogen) atoms. The van der Waals surface area contributed by atoms with Gasteiger partial charge in [0, 0.05) is 6.04 Å². The number of aryl methyl sites for hydroxylation is 1. The Kier molecular flexibility index (Phi) is 4.84. The Bertz CT molecular complexity index is 475. The van der Waals surface area contributed by atoms with Crippen molar-refractivity contribution in [2.24, 2.45) is 0 Å². The second-order valence-corrected chi connectivity index (χ2v) is 5.03. The minimum absolute atomic E-state index is 0.0960. The summed E-state index contributed by atoms with van der Waals surface area (Å²) in [6, 6.07) is 6.20. The van der Waals surface area contributed by atoms with Crippen LogP contribution in [0.15, 0.2) is 18.2 Å². The lowest BCUT2D eigenvalue weighted by Gasteiger charge is -2.26. The second-order valence-electron chi connectivity index (χ2n) is 5.03. The first-order chi connectivity index (χ1) is 9.60. The predicted octanol–water partition coefficient (Wildman–Crippen LogP) is 2.14. The highest BCUT2D eigenvalue weighted by atomic mass is 16.7. The number of aliphatic carboxylic acids is 1. The van der Waals surface area contributed by atoms with E-state index in [1.807, 2.05) is 30.0 Å². The van der Waals surface area contributed by atoms with Crippen molar-refractivity contribution >= 4 is 5.97 Å². The zero-order valence-electron chi connectivity index (χ0n) is 12.0. The quantitative estimate of drug-likeness (QED) is 0.828. The number of likely N-dealkylation sites (N-methyl/N-ethyl adjacent to an activating group) is 1. The Labute approximate surface area is 119 Å². The van der Waals surface area contributed by atoms with E-state index in [2.05, 4.69) is 6.92 Å². The van der Waals surface area contributed by atoms with Gasteiger partial charge in [-0.3, -0.25) is 9.69 Å². The first kappa shape index (κ1) is 14.7. The number of carbonyl (C=O) groups is 1. The van der Waals surface area contributed by atoms with Crippen LogP contribution in [0.1, 0.15) is 25.8 Å². The molecule has 2 rings (SSSR count). The molecule has 1 aliphatic heterocycles. The van der Waals surface area contributed by atoms with E-state index in [0.29, 0.717) is 0 Å². The third-order valence-corrected chi connectivity index (χ3v) is 3.66. The number of carboxylic acids is 1. The topological polar surface area (TPSA) is 59.0 Å². The van der Waals surface area contributed by atoms with Crippen LogP contribution in [0.4, 0.5) is 0 Å². The molecule has 1 aliphatic rings. The fourth-order valence-electron chi connectivity index (χ4n) is 2.41. The highest BCUT2D eigenvalue weighted by Crippen LogP contribution is 2.32. The van der Waals surface area contributed by atoms with E-state index >= 15 is 0 Å². The molecule has 110 valence electrons. The number of rotatable bonds is 7. The van der Waals surface area contributed by atoms with E-state index in [0.717, 1.165) is 30.9 Å². The van der Waals surface area contributed by atoms with Crippen molar-refractivity contribution in [1.29, 1.82) is 0 Å². The van der Waals surface area contributed by atoms with Crippen LogP contribution in [-0.4, -0.2) is 41.9 Å². The van der Waals surface area contributed by atoms with Crippen molar-refractivity contribution < 1.29 is 19.4 Å². The van der Waals surface area contributed by atoms with Gasteiger partial charge in [0.05, 0.1) is 6.54 Å². The van der Waals surface area contributed by atoms with Gasteiger partial charge in [0.15, 0.2) is 11.5 Å². The Hall–Kier alpha value is -1.75. The van der Waals surface area contributed by atoms with Crippen molar-refractivity contribution in [2.75, 3.05) is 19.9 Å². The van der Waals surface area contributed by atoms with Crippen molar-refractivity contribution in [3.05, 3.63) is 23.8 Å². The maximum Gasteiger partial charge on any atom is 0.317 e. The summed E-state index contributed by atoms with van der Waals surface area (Å²) < 4.78 is 10.6. The van der Waals surface area contributed by atoms with Crippen LogP contribution < -0.4 is 9.47 Å². The van der Waals surface area contributed by atoms with Crippen molar-refractivity contribution in [3.63, 3.8) is 0 Å². The molecule has 0 spiro atoms. The standard InChI is InChI=1S/C15H21NO4/c1-3-16(9-15(17)18)11(2)4-5-12-6-7-13-14(8-12)20-10-19-13/h6-8,11H,3-5,9-10H2,1-2H3,(H,17,18). The molecular formula is C15H21NO4. The molecule has 1 aromatic carbocycles. The Morgan fingerprint density at radius 3 is 2.85 bits per heavy atom. The molecule has 0 fully saturated rings. The number of ether oxygens (including phenoxy) is 2. The molecule has 1 N–H and O–H groups in total. The number of benzene rings is 1. The van der Waals surface area contributed by atoms with Crippen LogP contribution in [0.3, 0.4) is 0 Å². The molecule has 0 radical (unpaired) electrons. The second kappa shape index (κ2) is 6.61. The number of carboxylic acid groups (broad SMARTS) is 1. The van der Waals surface area contributed by atoms with E-state index in [1.165, 1.54) is 5.56 Å². The summed E-state index contributed by atoms with van der Waals surface area (Å²) >= 11 is 0. The smallest absolute Gasteiger partial charge is 0.317 e. The molecule has 1 aromatic rings. The van der Waals surface area contributed by atoms with E-state index in [4.69, 9.17) is 14.6 Å². The minimum Gasteiger partial charge on any atom is -0.480 e. The summed E-state index contributed by atoms with van der Waals surface area (Å²) in [5.41, 5.74) is 1.19. The molecule has 0 amide bonds. The first-order valence-corrected chi connectivity index (χ1v) is 6.94. The number of hydrogen-bond acceptors (Lipinski definition) is 4. The molecule has 1 heterocycles. The molecule has 1 atom stereocenters. The fraction of sp³-hybridized carbons (Fsp3) is 0.533. The molecular weight excluding hydrogens is 258 g/mol. The van der Waals surface area contributed by atoms with Gasteiger partial charge in [-0.05, 0) is 44.0 Å². The monoisotopic (exact) mass is 279 g/mol. The van der Waals surface area contributed by atoms with E-state index in [9.17, 15) is 4.79 Å². The van der Waals surface area contributed by atoms with Crippen LogP contribution in [0.25, 0.3) is 0 Å². The summed E-state index contributed by atoms with van der Waals surface area (Å²) in [6.45, 7) is 5.18. The SMILES string of the molecule is CCN(CC(=O)O)C(C)CCc1ccc2c(c1)OCO2. The van der Waals surface area contributed by atoms with Crippen molar-refractivity contribution in [3.8, 4) is 11.5 Å².